The molecule has 156 valence electrons. The Morgan fingerprint density at radius 3 is 2.31 bits per heavy atom. The molecule has 1 saturated heterocycles. The van der Waals surface area contributed by atoms with Crippen LogP contribution in [0.1, 0.15) is 30.4 Å². The van der Waals surface area contributed by atoms with E-state index in [0.717, 1.165) is 30.4 Å². The number of benzene rings is 2. The first kappa shape index (κ1) is 21.5. The quantitative estimate of drug-likeness (QED) is 0.666. The van der Waals surface area contributed by atoms with Crippen molar-refractivity contribution in [3.63, 3.8) is 0 Å². The van der Waals surface area contributed by atoms with Crippen molar-refractivity contribution in [2.24, 2.45) is 5.92 Å². The lowest BCUT2D eigenvalue weighted by molar-refractivity contribution is -0.135. The molecule has 3 rings (SSSR count). The second-order valence-electron chi connectivity index (χ2n) is 7.78. The van der Waals surface area contributed by atoms with E-state index in [-0.39, 0.29) is 17.6 Å². The van der Waals surface area contributed by atoms with Gasteiger partial charge in [0.15, 0.2) is 0 Å². The number of rotatable bonds is 8. The monoisotopic (exact) mass is 414 g/mol. The van der Waals surface area contributed by atoms with Crippen molar-refractivity contribution in [1.29, 1.82) is 0 Å². The van der Waals surface area contributed by atoms with Crippen molar-refractivity contribution in [1.82, 2.24) is 9.21 Å². The van der Waals surface area contributed by atoms with Crippen LogP contribution in [-0.2, 0) is 27.8 Å². The molecule has 1 atom stereocenters. The van der Waals surface area contributed by atoms with Gasteiger partial charge in [0.2, 0.25) is 15.9 Å². The minimum atomic E-state index is -3.34. The van der Waals surface area contributed by atoms with Crippen molar-refractivity contribution in [2.45, 2.75) is 32.2 Å². The highest BCUT2D eigenvalue weighted by molar-refractivity contribution is 7.89. The van der Waals surface area contributed by atoms with E-state index in [4.69, 9.17) is 0 Å². The molecule has 5 nitrogen and oxygen atoms in total. The number of piperidine rings is 1. The van der Waals surface area contributed by atoms with E-state index in [1.165, 1.54) is 4.31 Å². The molecule has 1 amide bonds. The molecular weight excluding hydrogens is 384 g/mol. The van der Waals surface area contributed by atoms with Gasteiger partial charge in [0.1, 0.15) is 0 Å². The Morgan fingerprint density at radius 2 is 1.66 bits per heavy atom. The third-order valence-electron chi connectivity index (χ3n) is 5.48. The Balaban J connectivity index is 1.53. The van der Waals surface area contributed by atoms with E-state index in [1.807, 2.05) is 60.7 Å². The Hall–Kier alpha value is -2.18. The smallest absolute Gasteiger partial charge is 0.227 e. The van der Waals surface area contributed by atoms with Gasteiger partial charge < -0.3 is 4.90 Å². The topological polar surface area (TPSA) is 57.7 Å². The molecule has 0 spiro atoms. The first-order chi connectivity index (χ1) is 14.0. The zero-order chi connectivity index (χ0) is 20.7. The average molecular weight is 415 g/mol. The number of sulfonamides is 1. The minimum absolute atomic E-state index is 0.0260. The molecule has 0 bridgehead atoms. The summed E-state index contributed by atoms with van der Waals surface area (Å²) in [6, 6.07) is 19.8. The largest absolute Gasteiger partial charge is 0.341 e. The van der Waals surface area contributed by atoms with Crippen LogP contribution in [0.3, 0.4) is 0 Å². The summed E-state index contributed by atoms with van der Waals surface area (Å²) in [7, 11) is -1.55. The average Bonchev–Trinajstić information content (AvgIpc) is 2.74. The molecule has 1 unspecified atom stereocenters. The molecule has 0 saturated carbocycles. The van der Waals surface area contributed by atoms with Crippen LogP contribution >= 0.6 is 0 Å². The SMILES string of the molecule is CN(Cc1ccccc1)C(=O)C1CCCN(S(=O)(=O)CCCc2ccccc2)C1. The lowest BCUT2D eigenvalue weighted by atomic mass is 9.98. The molecular formula is C23H30N2O3S. The molecule has 0 aliphatic carbocycles. The van der Waals surface area contributed by atoms with E-state index in [1.54, 1.807) is 11.9 Å². The van der Waals surface area contributed by atoms with Crippen LogP contribution in [0.15, 0.2) is 60.7 Å². The van der Waals surface area contributed by atoms with Crippen molar-refractivity contribution < 1.29 is 13.2 Å². The Morgan fingerprint density at radius 1 is 1.03 bits per heavy atom. The molecule has 1 aliphatic rings. The van der Waals surface area contributed by atoms with Crippen LogP contribution in [0.4, 0.5) is 0 Å². The maximum absolute atomic E-state index is 12.9. The number of hydrogen-bond acceptors (Lipinski definition) is 3. The zero-order valence-electron chi connectivity index (χ0n) is 17.0. The summed E-state index contributed by atoms with van der Waals surface area (Å²) >= 11 is 0. The number of carbonyl (C=O) groups excluding carboxylic acids is 1. The van der Waals surface area contributed by atoms with Gasteiger partial charge in [-0.3, -0.25) is 4.79 Å². The molecule has 2 aromatic rings. The summed E-state index contributed by atoms with van der Waals surface area (Å²) in [5, 5.41) is 0. The van der Waals surface area contributed by atoms with Gasteiger partial charge >= 0.3 is 0 Å². The summed E-state index contributed by atoms with van der Waals surface area (Å²) in [5.41, 5.74) is 2.22. The Kier molecular flexibility index (Phi) is 7.45. The summed E-state index contributed by atoms with van der Waals surface area (Å²) < 4.78 is 27.1. The minimum Gasteiger partial charge on any atom is -0.341 e. The van der Waals surface area contributed by atoms with Crippen LogP contribution in [0.25, 0.3) is 0 Å². The first-order valence-electron chi connectivity index (χ1n) is 10.3. The van der Waals surface area contributed by atoms with Crippen molar-refractivity contribution >= 4 is 15.9 Å². The third kappa shape index (κ3) is 6.15. The molecule has 2 aromatic carbocycles. The Labute approximate surface area is 174 Å². The van der Waals surface area contributed by atoms with E-state index < -0.39 is 10.0 Å². The normalized spacial score (nSPS) is 17.8. The van der Waals surface area contributed by atoms with Crippen LogP contribution in [0.5, 0.6) is 0 Å². The van der Waals surface area contributed by atoms with Crippen molar-refractivity contribution in [2.75, 3.05) is 25.9 Å². The van der Waals surface area contributed by atoms with Gasteiger partial charge in [0.25, 0.3) is 0 Å². The third-order valence-corrected chi connectivity index (χ3v) is 7.40. The lowest BCUT2D eigenvalue weighted by Crippen LogP contribution is -2.46. The number of aryl methyl sites for hydroxylation is 1. The van der Waals surface area contributed by atoms with Gasteiger partial charge in [-0.1, -0.05) is 60.7 Å². The highest BCUT2D eigenvalue weighted by atomic mass is 32.2. The molecule has 1 aliphatic heterocycles. The van der Waals surface area contributed by atoms with E-state index in [0.29, 0.717) is 26.1 Å². The summed E-state index contributed by atoms with van der Waals surface area (Å²) in [6.45, 7) is 1.35. The number of carbonyl (C=O) groups is 1. The second-order valence-corrected chi connectivity index (χ2v) is 9.87. The molecule has 29 heavy (non-hydrogen) atoms. The fourth-order valence-electron chi connectivity index (χ4n) is 3.88. The van der Waals surface area contributed by atoms with Crippen LogP contribution in [0.2, 0.25) is 0 Å². The standard InChI is InChI=1S/C23H30N2O3S/c1-24(18-21-12-6-3-7-13-21)23(26)22-15-8-16-25(19-22)29(27,28)17-9-14-20-10-4-2-5-11-20/h2-7,10-13,22H,8-9,14-19H2,1H3. The summed E-state index contributed by atoms with van der Waals surface area (Å²) in [6.07, 6.45) is 2.81. The van der Waals surface area contributed by atoms with E-state index in [9.17, 15) is 13.2 Å². The molecule has 0 N–H and O–H groups in total. The highest BCUT2D eigenvalue weighted by Gasteiger charge is 2.33. The van der Waals surface area contributed by atoms with Crippen molar-refractivity contribution in [3.05, 3.63) is 71.8 Å². The molecule has 6 heteroatoms. The van der Waals surface area contributed by atoms with Crippen LogP contribution < -0.4 is 0 Å². The lowest BCUT2D eigenvalue weighted by Gasteiger charge is -2.33. The summed E-state index contributed by atoms with van der Waals surface area (Å²) in [4.78, 5) is 14.6. The number of amides is 1. The van der Waals surface area contributed by atoms with E-state index >= 15 is 0 Å². The van der Waals surface area contributed by atoms with Gasteiger partial charge in [-0.15, -0.1) is 0 Å². The molecule has 1 heterocycles. The predicted octanol–water partition coefficient (Wildman–Crippen LogP) is 3.32. The fraction of sp³-hybridized carbons (Fsp3) is 0.435. The van der Waals surface area contributed by atoms with Gasteiger partial charge in [0.05, 0.1) is 11.7 Å². The highest BCUT2D eigenvalue weighted by Crippen LogP contribution is 2.22. The molecule has 0 aromatic heterocycles. The zero-order valence-corrected chi connectivity index (χ0v) is 17.9. The number of hydrogen-bond donors (Lipinski definition) is 0. The molecule has 0 radical (unpaired) electrons. The second kappa shape index (κ2) is 10.0. The van der Waals surface area contributed by atoms with Gasteiger partial charge in [0, 0.05) is 26.7 Å². The Bertz CT molecular complexity index is 885. The van der Waals surface area contributed by atoms with Gasteiger partial charge in [-0.05, 0) is 36.8 Å². The van der Waals surface area contributed by atoms with E-state index in [2.05, 4.69) is 0 Å². The van der Waals surface area contributed by atoms with Crippen molar-refractivity contribution in [3.8, 4) is 0 Å². The van der Waals surface area contributed by atoms with Gasteiger partial charge in [-0.2, -0.15) is 0 Å². The van der Waals surface area contributed by atoms with Gasteiger partial charge in [-0.25, -0.2) is 12.7 Å². The van der Waals surface area contributed by atoms with Crippen LogP contribution in [0, 0.1) is 5.92 Å². The fourth-order valence-corrected chi connectivity index (χ4v) is 5.46. The summed E-state index contributed by atoms with van der Waals surface area (Å²) in [5.74, 6) is -0.109. The maximum atomic E-state index is 12.9. The number of nitrogens with zero attached hydrogens (tertiary/aromatic N) is 2. The first-order valence-corrected chi connectivity index (χ1v) is 11.9. The maximum Gasteiger partial charge on any atom is 0.227 e. The van der Waals surface area contributed by atoms with Crippen LogP contribution in [-0.4, -0.2) is 49.4 Å². The predicted molar refractivity (Wildman–Crippen MR) is 116 cm³/mol. The molecule has 1 fully saturated rings.